The number of fused-ring (bicyclic) bond motifs is 1. The lowest BCUT2D eigenvalue weighted by molar-refractivity contribution is 0.340. The molecule has 22 heavy (non-hydrogen) atoms. The smallest absolute Gasteiger partial charge is 0.260 e. The van der Waals surface area contributed by atoms with Crippen LogP contribution in [0.5, 0.6) is 5.75 Å². The number of nitrogens with zero attached hydrogens (tertiary/aromatic N) is 2. The van der Waals surface area contributed by atoms with E-state index >= 15 is 0 Å². The van der Waals surface area contributed by atoms with Crippen molar-refractivity contribution in [2.45, 2.75) is 6.92 Å². The molecule has 1 heterocycles. The molecule has 0 amide bonds. The maximum absolute atomic E-state index is 12.1. The highest BCUT2D eigenvalue weighted by Gasteiger charge is 2.04. The Balaban J connectivity index is 1.90. The van der Waals surface area contributed by atoms with Crippen LogP contribution in [-0.2, 0) is 7.05 Å². The zero-order valence-electron chi connectivity index (χ0n) is 12.5. The third kappa shape index (κ3) is 2.79. The minimum absolute atomic E-state index is 0.0552. The Morgan fingerprint density at radius 2 is 1.86 bits per heavy atom. The highest BCUT2D eigenvalue weighted by molar-refractivity contribution is 5.82. The zero-order valence-corrected chi connectivity index (χ0v) is 12.5. The SMILES string of the molecule is CCOc1ccc(Nc2ccc3ncn(C)c(=O)c3c2)cc1. The van der Waals surface area contributed by atoms with E-state index in [9.17, 15) is 4.79 Å². The van der Waals surface area contributed by atoms with E-state index in [1.807, 2.05) is 49.4 Å². The van der Waals surface area contributed by atoms with Crippen molar-refractivity contribution >= 4 is 22.3 Å². The second-order valence-electron chi connectivity index (χ2n) is 4.97. The lowest BCUT2D eigenvalue weighted by Crippen LogP contribution is -2.16. The predicted octanol–water partition coefficient (Wildman–Crippen LogP) is 3.08. The first-order chi connectivity index (χ1) is 10.7. The van der Waals surface area contributed by atoms with Gasteiger partial charge in [0.25, 0.3) is 5.56 Å². The lowest BCUT2D eigenvalue weighted by atomic mass is 10.2. The van der Waals surface area contributed by atoms with Crippen molar-refractivity contribution in [3.05, 3.63) is 59.1 Å². The van der Waals surface area contributed by atoms with E-state index in [4.69, 9.17) is 4.74 Å². The molecular formula is C17H17N3O2. The van der Waals surface area contributed by atoms with Crippen LogP contribution in [-0.4, -0.2) is 16.2 Å². The largest absolute Gasteiger partial charge is 0.494 e. The molecule has 1 aromatic heterocycles. The molecule has 0 saturated carbocycles. The van der Waals surface area contributed by atoms with E-state index in [0.29, 0.717) is 17.5 Å². The van der Waals surface area contributed by atoms with E-state index in [1.165, 1.54) is 10.9 Å². The molecule has 0 unspecified atom stereocenters. The van der Waals surface area contributed by atoms with Crippen molar-refractivity contribution < 1.29 is 4.74 Å². The normalized spacial score (nSPS) is 10.6. The van der Waals surface area contributed by atoms with E-state index < -0.39 is 0 Å². The van der Waals surface area contributed by atoms with E-state index in [0.717, 1.165) is 17.1 Å². The molecule has 5 heteroatoms. The number of ether oxygens (including phenoxy) is 1. The Labute approximate surface area is 128 Å². The molecule has 0 radical (unpaired) electrons. The minimum Gasteiger partial charge on any atom is -0.494 e. The molecule has 3 rings (SSSR count). The van der Waals surface area contributed by atoms with Crippen LogP contribution in [0.15, 0.2) is 53.6 Å². The second-order valence-corrected chi connectivity index (χ2v) is 4.97. The number of rotatable bonds is 4. The van der Waals surface area contributed by atoms with Crippen molar-refractivity contribution in [1.82, 2.24) is 9.55 Å². The Hall–Kier alpha value is -2.82. The van der Waals surface area contributed by atoms with E-state index in [2.05, 4.69) is 10.3 Å². The first kappa shape index (κ1) is 14.1. The van der Waals surface area contributed by atoms with Gasteiger partial charge < -0.3 is 14.6 Å². The monoisotopic (exact) mass is 295 g/mol. The number of aryl methyl sites for hydroxylation is 1. The van der Waals surface area contributed by atoms with Crippen molar-refractivity contribution in [1.29, 1.82) is 0 Å². The Morgan fingerprint density at radius 3 is 2.59 bits per heavy atom. The molecule has 0 aliphatic heterocycles. The van der Waals surface area contributed by atoms with Gasteiger partial charge in [0.1, 0.15) is 5.75 Å². The summed E-state index contributed by atoms with van der Waals surface area (Å²) in [6, 6.07) is 13.3. The van der Waals surface area contributed by atoms with Gasteiger partial charge in [0.2, 0.25) is 0 Å². The van der Waals surface area contributed by atoms with Gasteiger partial charge in [0.05, 0.1) is 23.8 Å². The van der Waals surface area contributed by atoms with Crippen molar-refractivity contribution in [2.75, 3.05) is 11.9 Å². The highest BCUT2D eigenvalue weighted by Crippen LogP contribution is 2.21. The fourth-order valence-corrected chi connectivity index (χ4v) is 2.26. The van der Waals surface area contributed by atoms with Crippen LogP contribution in [0.25, 0.3) is 10.9 Å². The van der Waals surface area contributed by atoms with Crippen LogP contribution in [0.4, 0.5) is 11.4 Å². The summed E-state index contributed by atoms with van der Waals surface area (Å²) in [5.41, 5.74) is 2.42. The minimum atomic E-state index is -0.0552. The summed E-state index contributed by atoms with van der Waals surface area (Å²) in [6.45, 7) is 2.60. The summed E-state index contributed by atoms with van der Waals surface area (Å²) in [5.74, 6) is 0.838. The number of benzene rings is 2. The fraction of sp³-hybridized carbons (Fsp3) is 0.176. The topological polar surface area (TPSA) is 56.1 Å². The van der Waals surface area contributed by atoms with Crippen molar-refractivity contribution in [3.63, 3.8) is 0 Å². The molecule has 2 aromatic carbocycles. The highest BCUT2D eigenvalue weighted by atomic mass is 16.5. The predicted molar refractivity (Wildman–Crippen MR) is 87.9 cm³/mol. The fourth-order valence-electron chi connectivity index (χ4n) is 2.26. The molecule has 0 fully saturated rings. The van der Waals surface area contributed by atoms with Gasteiger partial charge in [0.15, 0.2) is 0 Å². The second kappa shape index (κ2) is 5.89. The summed E-state index contributed by atoms with van der Waals surface area (Å²) in [6.07, 6.45) is 1.53. The average molecular weight is 295 g/mol. The third-order valence-electron chi connectivity index (χ3n) is 3.37. The zero-order chi connectivity index (χ0) is 15.5. The Kier molecular flexibility index (Phi) is 3.78. The molecule has 1 N–H and O–H groups in total. The molecule has 0 aliphatic carbocycles. The van der Waals surface area contributed by atoms with Gasteiger partial charge in [-0.05, 0) is 49.4 Å². The molecule has 0 bridgehead atoms. The molecule has 0 saturated heterocycles. The quantitative estimate of drug-likeness (QED) is 0.803. The van der Waals surface area contributed by atoms with Gasteiger partial charge in [0, 0.05) is 18.4 Å². The summed E-state index contributed by atoms with van der Waals surface area (Å²) in [5, 5.41) is 3.88. The molecule has 0 aliphatic rings. The van der Waals surface area contributed by atoms with Crippen LogP contribution < -0.4 is 15.6 Å². The van der Waals surface area contributed by atoms with Crippen molar-refractivity contribution in [3.8, 4) is 5.75 Å². The molecule has 3 aromatic rings. The first-order valence-corrected chi connectivity index (χ1v) is 7.12. The number of nitrogens with one attached hydrogen (secondary N) is 1. The first-order valence-electron chi connectivity index (χ1n) is 7.12. The number of hydrogen-bond acceptors (Lipinski definition) is 4. The van der Waals surface area contributed by atoms with Crippen molar-refractivity contribution in [2.24, 2.45) is 7.05 Å². The van der Waals surface area contributed by atoms with E-state index in [1.54, 1.807) is 7.05 Å². The summed E-state index contributed by atoms with van der Waals surface area (Å²) >= 11 is 0. The summed E-state index contributed by atoms with van der Waals surface area (Å²) < 4.78 is 6.89. The van der Waals surface area contributed by atoms with Gasteiger partial charge in [-0.2, -0.15) is 0 Å². The summed E-state index contributed by atoms with van der Waals surface area (Å²) in [4.78, 5) is 16.4. The van der Waals surface area contributed by atoms with Gasteiger partial charge >= 0.3 is 0 Å². The number of anilines is 2. The maximum Gasteiger partial charge on any atom is 0.260 e. The van der Waals surface area contributed by atoms with Crippen LogP contribution in [0.2, 0.25) is 0 Å². The standard InChI is InChI=1S/C17H17N3O2/c1-3-22-14-7-4-12(5-8-14)19-13-6-9-16-15(10-13)17(21)20(2)11-18-16/h4-11,19H,3H2,1-2H3. The van der Waals surface area contributed by atoms with Crippen LogP contribution >= 0.6 is 0 Å². The van der Waals surface area contributed by atoms with Gasteiger partial charge in [-0.25, -0.2) is 4.98 Å². The lowest BCUT2D eigenvalue weighted by Gasteiger charge is -2.09. The van der Waals surface area contributed by atoms with Gasteiger partial charge in [-0.3, -0.25) is 4.79 Å². The van der Waals surface area contributed by atoms with Crippen LogP contribution in [0.3, 0.4) is 0 Å². The summed E-state index contributed by atoms with van der Waals surface area (Å²) in [7, 11) is 1.70. The van der Waals surface area contributed by atoms with E-state index in [-0.39, 0.29) is 5.56 Å². The van der Waals surface area contributed by atoms with Gasteiger partial charge in [-0.1, -0.05) is 0 Å². The maximum atomic E-state index is 12.1. The molecule has 5 nitrogen and oxygen atoms in total. The van der Waals surface area contributed by atoms with Crippen LogP contribution in [0.1, 0.15) is 6.92 Å². The molecule has 112 valence electrons. The average Bonchev–Trinajstić information content (AvgIpc) is 2.54. The van der Waals surface area contributed by atoms with Gasteiger partial charge in [-0.15, -0.1) is 0 Å². The third-order valence-corrected chi connectivity index (χ3v) is 3.37. The number of aromatic nitrogens is 2. The Morgan fingerprint density at radius 1 is 1.14 bits per heavy atom. The number of hydrogen-bond donors (Lipinski definition) is 1. The molecule has 0 spiro atoms. The molecular weight excluding hydrogens is 278 g/mol. The Bertz CT molecular complexity index is 854. The van der Waals surface area contributed by atoms with Crippen LogP contribution in [0, 0.1) is 0 Å². The molecule has 0 atom stereocenters.